The minimum atomic E-state index is -1.08. The molecule has 0 bridgehead atoms. The van der Waals surface area contributed by atoms with Crippen LogP contribution in [0.25, 0.3) is 0 Å². The molecule has 1 aromatic carbocycles. The fraction of sp³-hybridized carbons (Fsp3) is 0.615. The Bertz CT molecular complexity index is 1100. The normalized spacial score (nSPS) is 33.0. The van der Waals surface area contributed by atoms with Crippen LogP contribution in [0.3, 0.4) is 0 Å². The van der Waals surface area contributed by atoms with Gasteiger partial charge in [0.05, 0.1) is 29.7 Å². The molecule has 0 radical (unpaired) electrons. The predicted octanol–water partition coefficient (Wildman–Crippen LogP) is 2.87. The van der Waals surface area contributed by atoms with E-state index in [1.54, 1.807) is 6.07 Å². The first-order valence-electron chi connectivity index (χ1n) is 12.5. The number of rotatable bonds is 4. The molecule has 4 atom stereocenters. The van der Waals surface area contributed by atoms with Crippen molar-refractivity contribution in [2.45, 2.75) is 69.1 Å². The number of nitrogens with zero attached hydrogens (tertiary/aromatic N) is 3. The van der Waals surface area contributed by atoms with E-state index in [0.29, 0.717) is 25.3 Å². The van der Waals surface area contributed by atoms with Gasteiger partial charge in [-0.15, -0.1) is 0 Å². The van der Waals surface area contributed by atoms with Crippen LogP contribution in [0, 0.1) is 12.8 Å². The first-order chi connectivity index (χ1) is 16.3. The lowest BCUT2D eigenvalue weighted by Gasteiger charge is -2.57. The third kappa shape index (κ3) is 3.22. The second-order valence-corrected chi connectivity index (χ2v) is 11.4. The average Bonchev–Trinajstić information content (AvgIpc) is 3.40. The molecule has 4 aliphatic rings. The van der Waals surface area contributed by atoms with Crippen molar-refractivity contribution in [1.82, 2.24) is 14.2 Å². The standard InChI is InChI=1S/C26H33N3O4S/c1-16-3-6-20(30)24-23(16)25-8-10-28(14-18-4-5-18)17(2)26(25,32)9-11-29(15-21(25)33-24)22(31)13-19-7-12-34-27-19/h3,6-7,12,17-18,21,30,32H,4-5,8-11,13-15H2,1-2H3/t17?,21-,25?,26?/m0/s1. The number of aromatic nitrogens is 1. The molecule has 8 heteroatoms. The molecule has 6 rings (SSSR count). The molecule has 1 saturated carbocycles. The summed E-state index contributed by atoms with van der Waals surface area (Å²) in [5, 5.41) is 25.3. The third-order valence-corrected chi connectivity index (χ3v) is 9.52. The predicted molar refractivity (Wildman–Crippen MR) is 129 cm³/mol. The van der Waals surface area contributed by atoms with Gasteiger partial charge in [-0.1, -0.05) is 6.07 Å². The van der Waals surface area contributed by atoms with Crippen LogP contribution < -0.4 is 4.74 Å². The SMILES string of the molecule is Cc1ccc(O)c2c1C13CCN(CC4CC4)C(C)C1(O)CCN(C(=O)Cc1ccsn1)C[C@@H]3O2. The molecule has 1 aromatic heterocycles. The Balaban J connectivity index is 1.41. The second kappa shape index (κ2) is 7.93. The second-order valence-electron chi connectivity index (χ2n) is 10.7. The van der Waals surface area contributed by atoms with E-state index < -0.39 is 17.1 Å². The van der Waals surface area contributed by atoms with Crippen molar-refractivity contribution >= 4 is 17.4 Å². The molecule has 3 aliphatic heterocycles. The Hall–Kier alpha value is -2.16. The summed E-state index contributed by atoms with van der Waals surface area (Å²) >= 11 is 1.35. The lowest BCUT2D eigenvalue weighted by molar-refractivity contribution is -0.151. The quantitative estimate of drug-likeness (QED) is 0.696. The number of carbonyl (C=O) groups is 1. The largest absolute Gasteiger partial charge is 0.504 e. The first kappa shape index (κ1) is 22.3. The highest BCUT2D eigenvalue weighted by Gasteiger charge is 2.68. The Kier molecular flexibility index (Phi) is 5.21. The number of aromatic hydroxyl groups is 1. The van der Waals surface area contributed by atoms with Crippen molar-refractivity contribution in [2.24, 2.45) is 5.92 Å². The van der Waals surface area contributed by atoms with Crippen LogP contribution in [0.5, 0.6) is 11.5 Å². The number of aryl methyl sites for hydroxylation is 1. The third-order valence-electron chi connectivity index (χ3n) is 8.92. The summed E-state index contributed by atoms with van der Waals surface area (Å²) in [6.07, 6.45) is 3.61. The van der Waals surface area contributed by atoms with Crippen molar-refractivity contribution < 1.29 is 19.7 Å². The van der Waals surface area contributed by atoms with E-state index >= 15 is 0 Å². The summed E-state index contributed by atoms with van der Waals surface area (Å²) in [4.78, 5) is 17.6. The van der Waals surface area contributed by atoms with Crippen LogP contribution in [0.1, 0.15) is 49.4 Å². The van der Waals surface area contributed by atoms with Gasteiger partial charge in [0.1, 0.15) is 6.10 Å². The summed E-state index contributed by atoms with van der Waals surface area (Å²) in [6.45, 7) is 6.95. The number of benzene rings is 1. The maximum absolute atomic E-state index is 13.3. The molecule has 1 amide bonds. The van der Waals surface area contributed by atoms with Gasteiger partial charge in [-0.3, -0.25) is 9.69 Å². The zero-order valence-electron chi connectivity index (χ0n) is 19.9. The Morgan fingerprint density at radius 3 is 2.82 bits per heavy atom. The van der Waals surface area contributed by atoms with E-state index in [1.807, 2.05) is 29.3 Å². The zero-order valence-corrected chi connectivity index (χ0v) is 20.7. The highest BCUT2D eigenvalue weighted by atomic mass is 32.1. The number of likely N-dealkylation sites (tertiary alicyclic amines) is 2. The van der Waals surface area contributed by atoms with Gasteiger partial charge < -0.3 is 19.8 Å². The number of hydrogen-bond donors (Lipinski definition) is 2. The molecule has 2 N–H and O–H groups in total. The summed E-state index contributed by atoms with van der Waals surface area (Å²) in [5.74, 6) is 1.33. The van der Waals surface area contributed by atoms with Gasteiger partial charge >= 0.3 is 0 Å². The Labute approximate surface area is 204 Å². The smallest absolute Gasteiger partial charge is 0.228 e. The number of piperidine rings is 1. The number of phenols is 1. The molecule has 2 aromatic rings. The van der Waals surface area contributed by atoms with E-state index in [4.69, 9.17) is 4.74 Å². The molecule has 4 heterocycles. The molecule has 3 fully saturated rings. The maximum atomic E-state index is 13.3. The van der Waals surface area contributed by atoms with Crippen LogP contribution in [-0.2, 0) is 16.6 Å². The van der Waals surface area contributed by atoms with Crippen LogP contribution in [0.15, 0.2) is 23.6 Å². The lowest BCUT2D eigenvalue weighted by atomic mass is 9.56. The molecule has 1 aliphatic carbocycles. The van der Waals surface area contributed by atoms with E-state index in [9.17, 15) is 15.0 Å². The van der Waals surface area contributed by atoms with Gasteiger partial charge in [-0.2, -0.15) is 4.37 Å². The topological polar surface area (TPSA) is 86.1 Å². The van der Waals surface area contributed by atoms with E-state index in [1.165, 1.54) is 24.4 Å². The molecular weight excluding hydrogens is 450 g/mol. The minimum absolute atomic E-state index is 0.00582. The van der Waals surface area contributed by atoms with Gasteiger partial charge in [-0.05, 0) is 81.2 Å². The van der Waals surface area contributed by atoms with Crippen LogP contribution in [-0.4, -0.2) is 74.2 Å². The minimum Gasteiger partial charge on any atom is -0.504 e. The van der Waals surface area contributed by atoms with Crippen molar-refractivity contribution in [3.05, 3.63) is 40.4 Å². The van der Waals surface area contributed by atoms with E-state index in [-0.39, 0.29) is 24.1 Å². The Morgan fingerprint density at radius 1 is 1.26 bits per heavy atom. The summed E-state index contributed by atoms with van der Waals surface area (Å²) in [5.41, 5.74) is 0.994. The fourth-order valence-electron chi connectivity index (χ4n) is 6.86. The number of fused-ring (bicyclic) bond motifs is 1. The molecule has 7 nitrogen and oxygen atoms in total. The van der Waals surface area contributed by atoms with Crippen molar-refractivity contribution in [2.75, 3.05) is 26.2 Å². The van der Waals surface area contributed by atoms with Gasteiger partial charge in [0.2, 0.25) is 5.91 Å². The number of ether oxygens (including phenoxy) is 1. The van der Waals surface area contributed by atoms with Gasteiger partial charge in [-0.25, -0.2) is 0 Å². The first-order valence-corrected chi connectivity index (χ1v) is 13.3. The fourth-order valence-corrected chi connectivity index (χ4v) is 7.40. The average molecular weight is 484 g/mol. The van der Waals surface area contributed by atoms with Crippen LogP contribution in [0.4, 0.5) is 0 Å². The number of hydrogen-bond acceptors (Lipinski definition) is 7. The molecular formula is C26H33N3O4S. The van der Waals surface area contributed by atoms with E-state index in [0.717, 1.165) is 42.2 Å². The van der Waals surface area contributed by atoms with Crippen molar-refractivity contribution in [1.29, 1.82) is 0 Å². The van der Waals surface area contributed by atoms with Gasteiger partial charge in [0.25, 0.3) is 0 Å². The molecule has 1 spiro atoms. The summed E-state index contributed by atoms with van der Waals surface area (Å²) in [7, 11) is 0. The monoisotopic (exact) mass is 483 g/mol. The summed E-state index contributed by atoms with van der Waals surface area (Å²) in [6, 6.07) is 5.41. The van der Waals surface area contributed by atoms with E-state index in [2.05, 4.69) is 16.2 Å². The number of amides is 1. The zero-order chi connectivity index (χ0) is 23.7. The molecule has 34 heavy (non-hydrogen) atoms. The van der Waals surface area contributed by atoms with Crippen molar-refractivity contribution in [3.63, 3.8) is 0 Å². The van der Waals surface area contributed by atoms with Crippen LogP contribution >= 0.6 is 11.5 Å². The molecule has 182 valence electrons. The number of phenolic OH excluding ortho intramolecular Hbond substituents is 1. The molecule has 3 unspecified atom stereocenters. The summed E-state index contributed by atoms with van der Waals surface area (Å²) < 4.78 is 10.8. The number of aliphatic hydroxyl groups is 1. The van der Waals surface area contributed by atoms with Gasteiger partial charge in [0.15, 0.2) is 11.5 Å². The Morgan fingerprint density at radius 2 is 2.09 bits per heavy atom. The highest BCUT2D eigenvalue weighted by Crippen LogP contribution is 2.60. The van der Waals surface area contributed by atoms with Crippen LogP contribution in [0.2, 0.25) is 0 Å². The number of carbonyl (C=O) groups excluding carboxylic acids is 1. The van der Waals surface area contributed by atoms with Crippen molar-refractivity contribution in [3.8, 4) is 11.5 Å². The molecule has 2 saturated heterocycles. The lowest BCUT2D eigenvalue weighted by Crippen LogP contribution is -2.70. The highest BCUT2D eigenvalue weighted by molar-refractivity contribution is 7.03. The van der Waals surface area contributed by atoms with Gasteiger partial charge in [0, 0.05) is 30.1 Å². The maximum Gasteiger partial charge on any atom is 0.228 e.